The second kappa shape index (κ2) is 5.90. The third kappa shape index (κ3) is 3.93. The number of halogens is 3. The Kier molecular flexibility index (Phi) is 4.45. The van der Waals surface area contributed by atoms with E-state index in [2.05, 4.69) is 26.2 Å². The van der Waals surface area contributed by atoms with Crippen LogP contribution < -0.4 is 5.32 Å². The molecule has 1 heterocycles. The van der Waals surface area contributed by atoms with Gasteiger partial charge >= 0.3 is 0 Å². The number of nitrogens with zero attached hydrogens (tertiary/aromatic N) is 1. The van der Waals surface area contributed by atoms with Crippen LogP contribution in [0.1, 0.15) is 15.9 Å². The largest absolute Gasteiger partial charge is 0.322 e. The SMILES string of the molecule is Cc1cc(Br)cc(NC(=O)c2cc(Cl)nc(Cl)c2)c1. The van der Waals surface area contributed by atoms with E-state index in [1.165, 1.54) is 12.1 Å². The van der Waals surface area contributed by atoms with E-state index >= 15 is 0 Å². The van der Waals surface area contributed by atoms with Crippen molar-refractivity contribution >= 4 is 50.7 Å². The van der Waals surface area contributed by atoms with Crippen LogP contribution >= 0.6 is 39.1 Å². The third-order valence-electron chi connectivity index (χ3n) is 2.33. The standard InChI is InChI=1S/C13H9BrCl2N2O/c1-7-2-9(14)6-10(3-7)17-13(19)8-4-11(15)18-12(16)5-8/h2-6H,1H3,(H,17,19). The molecular weight excluding hydrogens is 351 g/mol. The molecule has 2 aromatic rings. The highest BCUT2D eigenvalue weighted by atomic mass is 79.9. The lowest BCUT2D eigenvalue weighted by Crippen LogP contribution is -2.12. The highest BCUT2D eigenvalue weighted by molar-refractivity contribution is 9.10. The highest BCUT2D eigenvalue weighted by Crippen LogP contribution is 2.21. The van der Waals surface area contributed by atoms with Crippen LogP contribution in [-0.4, -0.2) is 10.9 Å². The molecule has 19 heavy (non-hydrogen) atoms. The van der Waals surface area contributed by atoms with Crippen LogP contribution in [0.3, 0.4) is 0 Å². The summed E-state index contributed by atoms with van der Waals surface area (Å²) in [5.41, 5.74) is 2.10. The number of benzene rings is 1. The molecule has 0 saturated carbocycles. The van der Waals surface area contributed by atoms with Crippen LogP contribution in [0.25, 0.3) is 0 Å². The quantitative estimate of drug-likeness (QED) is 0.789. The van der Waals surface area contributed by atoms with E-state index in [0.29, 0.717) is 11.3 Å². The van der Waals surface area contributed by atoms with Gasteiger partial charge in [0, 0.05) is 15.7 Å². The monoisotopic (exact) mass is 358 g/mol. The van der Waals surface area contributed by atoms with Crippen molar-refractivity contribution in [3.63, 3.8) is 0 Å². The maximum atomic E-state index is 12.1. The summed E-state index contributed by atoms with van der Waals surface area (Å²) < 4.78 is 0.897. The predicted octanol–water partition coefficient (Wildman–Crippen LogP) is 4.71. The first-order valence-corrected chi connectivity index (χ1v) is 6.90. The van der Waals surface area contributed by atoms with E-state index in [0.717, 1.165) is 10.0 Å². The molecule has 2 rings (SSSR count). The van der Waals surface area contributed by atoms with Crippen LogP contribution in [0.5, 0.6) is 0 Å². The van der Waals surface area contributed by atoms with Crippen molar-refractivity contribution in [2.45, 2.75) is 6.92 Å². The molecule has 1 aromatic carbocycles. The fourth-order valence-corrected chi connectivity index (χ4v) is 2.68. The summed E-state index contributed by atoms with van der Waals surface area (Å²) >= 11 is 14.9. The van der Waals surface area contributed by atoms with E-state index in [1.54, 1.807) is 0 Å². The fourth-order valence-electron chi connectivity index (χ4n) is 1.61. The molecule has 0 saturated heterocycles. The van der Waals surface area contributed by atoms with Crippen LogP contribution in [0.15, 0.2) is 34.8 Å². The average Bonchev–Trinajstić information content (AvgIpc) is 2.25. The lowest BCUT2D eigenvalue weighted by molar-refractivity contribution is 0.102. The molecule has 0 radical (unpaired) electrons. The number of carbonyl (C=O) groups is 1. The number of pyridine rings is 1. The maximum Gasteiger partial charge on any atom is 0.255 e. The summed E-state index contributed by atoms with van der Waals surface area (Å²) in [6.45, 7) is 1.95. The molecule has 0 spiro atoms. The minimum Gasteiger partial charge on any atom is -0.322 e. The van der Waals surface area contributed by atoms with Crippen molar-refractivity contribution in [1.29, 1.82) is 0 Å². The van der Waals surface area contributed by atoms with Gasteiger partial charge in [0.2, 0.25) is 0 Å². The number of hydrogen-bond acceptors (Lipinski definition) is 2. The third-order valence-corrected chi connectivity index (χ3v) is 3.17. The molecule has 0 aliphatic heterocycles. The summed E-state index contributed by atoms with van der Waals surface area (Å²) in [4.78, 5) is 15.9. The van der Waals surface area contributed by atoms with E-state index in [4.69, 9.17) is 23.2 Å². The molecule has 98 valence electrons. The first kappa shape index (κ1) is 14.3. The van der Waals surface area contributed by atoms with Crippen molar-refractivity contribution in [3.8, 4) is 0 Å². The number of amides is 1. The number of nitrogens with one attached hydrogen (secondary N) is 1. The molecule has 0 atom stereocenters. The Bertz CT molecular complexity index is 606. The molecule has 1 aromatic heterocycles. The van der Waals surface area contributed by atoms with Crippen LogP contribution in [-0.2, 0) is 0 Å². The molecule has 3 nitrogen and oxygen atoms in total. The summed E-state index contributed by atoms with van der Waals surface area (Å²) in [6.07, 6.45) is 0. The maximum absolute atomic E-state index is 12.1. The first-order chi connectivity index (χ1) is 8.94. The predicted molar refractivity (Wildman–Crippen MR) is 81.1 cm³/mol. The molecule has 0 fully saturated rings. The van der Waals surface area contributed by atoms with E-state index < -0.39 is 0 Å². The minimum atomic E-state index is -0.288. The van der Waals surface area contributed by atoms with Crippen LogP contribution in [0.4, 0.5) is 5.69 Å². The Morgan fingerprint density at radius 2 is 1.79 bits per heavy atom. The van der Waals surface area contributed by atoms with Gasteiger partial charge in [-0.05, 0) is 42.8 Å². The lowest BCUT2D eigenvalue weighted by Gasteiger charge is -2.07. The Labute approximate surface area is 129 Å². The lowest BCUT2D eigenvalue weighted by atomic mass is 10.2. The van der Waals surface area contributed by atoms with E-state index in [-0.39, 0.29) is 16.2 Å². The van der Waals surface area contributed by atoms with Gasteiger partial charge in [-0.2, -0.15) is 0 Å². The molecule has 0 unspecified atom stereocenters. The molecule has 0 bridgehead atoms. The van der Waals surface area contributed by atoms with Gasteiger partial charge in [0.15, 0.2) is 0 Å². The fraction of sp³-hybridized carbons (Fsp3) is 0.0769. The smallest absolute Gasteiger partial charge is 0.255 e. The normalized spacial score (nSPS) is 10.3. The van der Waals surface area contributed by atoms with E-state index in [9.17, 15) is 4.79 Å². The topological polar surface area (TPSA) is 42.0 Å². The van der Waals surface area contributed by atoms with Crippen molar-refractivity contribution in [1.82, 2.24) is 4.98 Å². The van der Waals surface area contributed by atoms with Gasteiger partial charge in [0.25, 0.3) is 5.91 Å². The van der Waals surface area contributed by atoms with Gasteiger partial charge < -0.3 is 5.32 Å². The van der Waals surface area contributed by atoms with Gasteiger partial charge in [0.1, 0.15) is 10.3 Å². The van der Waals surface area contributed by atoms with Crippen molar-refractivity contribution in [3.05, 3.63) is 56.2 Å². The number of aryl methyl sites for hydroxylation is 1. The first-order valence-electron chi connectivity index (χ1n) is 5.36. The minimum absolute atomic E-state index is 0.183. The number of aromatic nitrogens is 1. The Balaban J connectivity index is 2.25. The summed E-state index contributed by atoms with van der Waals surface area (Å²) in [6, 6.07) is 8.57. The van der Waals surface area contributed by atoms with Gasteiger partial charge in [-0.25, -0.2) is 4.98 Å². The number of rotatable bonds is 2. The molecular formula is C13H9BrCl2N2O. The zero-order valence-electron chi connectivity index (χ0n) is 9.88. The molecule has 1 N–H and O–H groups in total. The van der Waals surface area contributed by atoms with E-state index in [1.807, 2.05) is 25.1 Å². The summed E-state index contributed by atoms with van der Waals surface area (Å²) in [5.74, 6) is -0.288. The molecule has 6 heteroatoms. The van der Waals surface area contributed by atoms with Crippen LogP contribution in [0.2, 0.25) is 10.3 Å². The summed E-state index contributed by atoms with van der Waals surface area (Å²) in [7, 11) is 0. The van der Waals surface area contributed by atoms with Gasteiger partial charge in [-0.3, -0.25) is 4.79 Å². The number of carbonyl (C=O) groups excluding carboxylic acids is 1. The summed E-state index contributed by atoms with van der Waals surface area (Å²) in [5, 5.41) is 3.15. The van der Waals surface area contributed by atoms with Crippen molar-refractivity contribution in [2.75, 3.05) is 5.32 Å². The zero-order chi connectivity index (χ0) is 14.0. The molecule has 1 amide bonds. The Hall–Kier alpha value is -1.10. The second-order valence-electron chi connectivity index (χ2n) is 3.97. The zero-order valence-corrected chi connectivity index (χ0v) is 13.0. The Morgan fingerprint density at radius 3 is 2.37 bits per heavy atom. The van der Waals surface area contributed by atoms with Gasteiger partial charge in [0.05, 0.1) is 0 Å². The van der Waals surface area contributed by atoms with Crippen molar-refractivity contribution < 1.29 is 4.79 Å². The number of anilines is 1. The molecule has 0 aliphatic rings. The van der Waals surface area contributed by atoms with Crippen LogP contribution in [0, 0.1) is 6.92 Å². The highest BCUT2D eigenvalue weighted by Gasteiger charge is 2.09. The molecule has 0 aliphatic carbocycles. The number of hydrogen-bond donors (Lipinski definition) is 1. The second-order valence-corrected chi connectivity index (χ2v) is 5.66. The van der Waals surface area contributed by atoms with Gasteiger partial charge in [-0.1, -0.05) is 39.1 Å². The van der Waals surface area contributed by atoms with Gasteiger partial charge in [-0.15, -0.1) is 0 Å². The Morgan fingerprint density at radius 1 is 1.16 bits per heavy atom. The average molecular weight is 360 g/mol. The van der Waals surface area contributed by atoms with Crippen molar-refractivity contribution in [2.24, 2.45) is 0 Å².